The standard InChI is InChI=1S/C6H8N6O3S/c1-2-16-6-7-5-9-8-3(12(14)15)4(13)11(5)10-6/h4,13H,2H2,1H3,(H,7,9,10). The molecule has 1 aromatic heterocycles. The summed E-state index contributed by atoms with van der Waals surface area (Å²) in [5.41, 5.74) is 2.37. The molecular weight excluding hydrogens is 236 g/mol. The van der Waals surface area contributed by atoms with Gasteiger partial charge in [-0.1, -0.05) is 18.7 Å². The maximum Gasteiger partial charge on any atom is 0.415 e. The molecule has 1 atom stereocenters. The van der Waals surface area contributed by atoms with Gasteiger partial charge in [0.15, 0.2) is 0 Å². The average Bonchev–Trinajstić information content (AvgIpc) is 2.62. The number of hydrogen-bond donors (Lipinski definition) is 2. The van der Waals surface area contributed by atoms with E-state index in [0.717, 1.165) is 10.4 Å². The monoisotopic (exact) mass is 244 g/mol. The summed E-state index contributed by atoms with van der Waals surface area (Å²) < 4.78 is 1.03. The zero-order valence-electron chi connectivity index (χ0n) is 8.19. The molecule has 0 saturated heterocycles. The van der Waals surface area contributed by atoms with Crippen LogP contribution in [0.5, 0.6) is 0 Å². The van der Waals surface area contributed by atoms with Crippen LogP contribution >= 0.6 is 11.8 Å². The Balaban J connectivity index is 2.31. The number of anilines is 1. The summed E-state index contributed by atoms with van der Waals surface area (Å²) in [4.78, 5) is 13.7. The Morgan fingerprint density at radius 1 is 1.75 bits per heavy atom. The number of aliphatic hydroxyl groups excluding tert-OH is 1. The first-order valence-electron chi connectivity index (χ1n) is 4.39. The first kappa shape index (κ1) is 10.8. The molecule has 0 amide bonds. The van der Waals surface area contributed by atoms with Crippen molar-refractivity contribution in [3.8, 4) is 0 Å². The van der Waals surface area contributed by atoms with Crippen LogP contribution in [0.3, 0.4) is 0 Å². The van der Waals surface area contributed by atoms with E-state index >= 15 is 0 Å². The Labute approximate surface area is 93.7 Å². The second-order valence-electron chi connectivity index (χ2n) is 2.81. The van der Waals surface area contributed by atoms with Crippen molar-refractivity contribution in [3.05, 3.63) is 10.1 Å². The van der Waals surface area contributed by atoms with Gasteiger partial charge in [0.1, 0.15) is 0 Å². The molecule has 0 spiro atoms. The molecule has 1 aliphatic heterocycles. The fraction of sp³-hybridized carbons (Fsp3) is 0.500. The first-order valence-corrected chi connectivity index (χ1v) is 5.37. The van der Waals surface area contributed by atoms with Crippen molar-refractivity contribution in [2.45, 2.75) is 18.3 Å². The lowest BCUT2D eigenvalue weighted by Crippen LogP contribution is -2.32. The Bertz CT molecular complexity index is 457. The predicted molar refractivity (Wildman–Crippen MR) is 55.7 cm³/mol. The van der Waals surface area contributed by atoms with Crippen LogP contribution < -0.4 is 5.43 Å². The summed E-state index contributed by atoms with van der Waals surface area (Å²) in [6.45, 7) is 1.92. The second-order valence-corrected chi connectivity index (χ2v) is 4.04. The lowest BCUT2D eigenvalue weighted by molar-refractivity contribution is -0.362. The van der Waals surface area contributed by atoms with E-state index in [-0.39, 0.29) is 5.95 Å². The van der Waals surface area contributed by atoms with E-state index in [9.17, 15) is 15.2 Å². The lowest BCUT2D eigenvalue weighted by atomic mass is 10.5. The number of amidine groups is 1. The molecule has 0 aliphatic carbocycles. The van der Waals surface area contributed by atoms with E-state index in [1.807, 2.05) is 6.92 Å². The normalized spacial score (nSPS) is 18.6. The zero-order chi connectivity index (χ0) is 11.7. The highest BCUT2D eigenvalue weighted by molar-refractivity contribution is 7.99. The van der Waals surface area contributed by atoms with Crippen LogP contribution in [0.25, 0.3) is 0 Å². The van der Waals surface area contributed by atoms with Crippen molar-refractivity contribution in [2.24, 2.45) is 5.10 Å². The predicted octanol–water partition coefficient (Wildman–Crippen LogP) is -0.103. The van der Waals surface area contributed by atoms with E-state index in [1.165, 1.54) is 11.8 Å². The van der Waals surface area contributed by atoms with Crippen molar-refractivity contribution in [1.29, 1.82) is 0 Å². The Morgan fingerprint density at radius 3 is 3.12 bits per heavy atom. The van der Waals surface area contributed by atoms with E-state index in [1.54, 1.807) is 0 Å². The Morgan fingerprint density at radius 2 is 2.50 bits per heavy atom. The van der Waals surface area contributed by atoms with Crippen LogP contribution in [0.4, 0.5) is 5.95 Å². The molecule has 86 valence electrons. The van der Waals surface area contributed by atoms with Gasteiger partial charge >= 0.3 is 5.84 Å². The molecule has 9 nitrogen and oxygen atoms in total. The summed E-state index contributed by atoms with van der Waals surface area (Å²) in [5.74, 6) is 0.349. The molecule has 0 saturated carbocycles. The minimum absolute atomic E-state index is 0.189. The molecule has 0 radical (unpaired) electrons. The van der Waals surface area contributed by atoms with Crippen LogP contribution in [-0.4, -0.2) is 36.4 Å². The molecule has 1 aliphatic rings. The van der Waals surface area contributed by atoms with Gasteiger partial charge in [0.2, 0.25) is 5.16 Å². The summed E-state index contributed by atoms with van der Waals surface area (Å²) in [6.07, 6.45) is -1.51. The van der Waals surface area contributed by atoms with Gasteiger partial charge in [-0.25, -0.2) is 0 Å². The number of aliphatic hydroxyl groups is 1. The molecule has 2 heterocycles. The molecular formula is C6H8N6O3S. The molecule has 0 aromatic carbocycles. The number of rotatable bonds is 2. The number of nitro groups is 1. The Kier molecular flexibility index (Phi) is 2.75. The molecule has 2 N–H and O–H groups in total. The van der Waals surface area contributed by atoms with Crippen LogP contribution in [0, 0.1) is 10.1 Å². The smallest absolute Gasteiger partial charge is 0.362 e. The maximum absolute atomic E-state index is 10.5. The van der Waals surface area contributed by atoms with Crippen molar-refractivity contribution in [3.63, 3.8) is 0 Å². The molecule has 1 unspecified atom stereocenters. The highest BCUT2D eigenvalue weighted by Crippen LogP contribution is 2.22. The molecule has 10 heteroatoms. The van der Waals surface area contributed by atoms with Gasteiger partial charge < -0.3 is 15.2 Å². The van der Waals surface area contributed by atoms with E-state index in [0.29, 0.717) is 5.16 Å². The summed E-state index contributed by atoms with van der Waals surface area (Å²) in [5, 5.41) is 27.9. The second kappa shape index (κ2) is 4.06. The number of nitrogens with zero attached hydrogens (tertiary/aromatic N) is 5. The van der Waals surface area contributed by atoms with E-state index in [4.69, 9.17) is 0 Å². The molecule has 16 heavy (non-hydrogen) atoms. The molecule has 0 bridgehead atoms. The van der Waals surface area contributed by atoms with Gasteiger partial charge in [-0.05, 0) is 10.7 Å². The van der Waals surface area contributed by atoms with Crippen molar-refractivity contribution >= 4 is 23.5 Å². The number of thioether (sulfide) groups is 1. The van der Waals surface area contributed by atoms with Gasteiger partial charge in [0.05, 0.1) is 5.10 Å². The van der Waals surface area contributed by atoms with Gasteiger partial charge in [-0.2, -0.15) is 9.67 Å². The average molecular weight is 244 g/mol. The van der Waals surface area contributed by atoms with Crippen LogP contribution in [0.15, 0.2) is 10.3 Å². The third-order valence-electron chi connectivity index (χ3n) is 1.81. The number of aromatic nitrogens is 3. The van der Waals surface area contributed by atoms with Gasteiger partial charge in [0, 0.05) is 0 Å². The minimum Gasteiger partial charge on any atom is -0.362 e. The maximum atomic E-state index is 10.5. The van der Waals surface area contributed by atoms with Crippen molar-refractivity contribution in [1.82, 2.24) is 14.8 Å². The van der Waals surface area contributed by atoms with Crippen LogP contribution in [0.1, 0.15) is 13.2 Å². The topological polar surface area (TPSA) is 118 Å². The fourth-order valence-electron chi connectivity index (χ4n) is 1.15. The van der Waals surface area contributed by atoms with Crippen molar-refractivity contribution in [2.75, 3.05) is 11.2 Å². The van der Waals surface area contributed by atoms with E-state index < -0.39 is 17.0 Å². The van der Waals surface area contributed by atoms with Crippen molar-refractivity contribution < 1.29 is 10.0 Å². The number of hydrogen-bond acceptors (Lipinski definition) is 8. The lowest BCUT2D eigenvalue weighted by Gasteiger charge is -2.12. The summed E-state index contributed by atoms with van der Waals surface area (Å²) in [6, 6.07) is 0. The quantitative estimate of drug-likeness (QED) is 0.423. The molecule has 2 rings (SSSR count). The third kappa shape index (κ3) is 1.72. The first-order chi connectivity index (χ1) is 7.63. The van der Waals surface area contributed by atoms with Crippen LogP contribution in [-0.2, 0) is 0 Å². The number of hydrazone groups is 1. The fourth-order valence-corrected chi connectivity index (χ4v) is 1.71. The van der Waals surface area contributed by atoms with Crippen LogP contribution in [0.2, 0.25) is 0 Å². The van der Waals surface area contributed by atoms with Gasteiger partial charge in [0.25, 0.3) is 12.2 Å². The summed E-state index contributed by atoms with van der Waals surface area (Å²) >= 11 is 1.37. The van der Waals surface area contributed by atoms with E-state index in [2.05, 4.69) is 20.6 Å². The molecule has 0 fully saturated rings. The summed E-state index contributed by atoms with van der Waals surface area (Å²) in [7, 11) is 0. The Hall–Kier alpha value is -1.68. The minimum atomic E-state index is -1.51. The number of nitrogens with one attached hydrogen (secondary N) is 1. The van der Waals surface area contributed by atoms with Gasteiger partial charge in [-0.3, -0.25) is 0 Å². The number of fused-ring (bicyclic) bond motifs is 1. The zero-order valence-corrected chi connectivity index (χ0v) is 9.01. The molecule has 1 aromatic rings. The third-order valence-corrected chi connectivity index (χ3v) is 2.53. The SMILES string of the molecule is CCSc1nc2n(n1)C(O)C([N+](=O)[O-])=NN2. The highest BCUT2D eigenvalue weighted by Gasteiger charge is 2.34. The highest BCUT2D eigenvalue weighted by atomic mass is 32.2. The largest absolute Gasteiger partial charge is 0.415 e. The van der Waals surface area contributed by atoms with Gasteiger partial charge in [-0.15, -0.1) is 10.5 Å².